The van der Waals surface area contributed by atoms with E-state index in [0.717, 1.165) is 18.9 Å². The molecule has 0 bridgehead atoms. The summed E-state index contributed by atoms with van der Waals surface area (Å²) in [4.78, 5) is 25.7. The third-order valence-electron chi connectivity index (χ3n) is 5.34. The molecule has 2 fully saturated rings. The molecular formula is C20H21F2N3O4. The number of pyridine rings is 1. The number of anilines is 1. The van der Waals surface area contributed by atoms with Crippen LogP contribution in [0.5, 0.6) is 0 Å². The highest BCUT2D eigenvalue weighted by Crippen LogP contribution is 2.38. The van der Waals surface area contributed by atoms with E-state index in [-0.39, 0.29) is 49.0 Å². The third kappa shape index (κ3) is 3.63. The second kappa shape index (κ2) is 7.57. The van der Waals surface area contributed by atoms with Crippen LogP contribution in [0.1, 0.15) is 29.2 Å². The van der Waals surface area contributed by atoms with Gasteiger partial charge in [-0.3, -0.25) is 4.79 Å². The maximum atomic E-state index is 15.0. The summed E-state index contributed by atoms with van der Waals surface area (Å²) in [6.45, 7) is 0.568. The van der Waals surface area contributed by atoms with E-state index in [1.807, 2.05) is 0 Å². The van der Waals surface area contributed by atoms with Crippen molar-refractivity contribution < 1.29 is 23.4 Å². The number of aromatic nitrogens is 1. The summed E-state index contributed by atoms with van der Waals surface area (Å²) in [6.07, 6.45) is 3.04. The van der Waals surface area contributed by atoms with Gasteiger partial charge in [0.25, 0.3) is 0 Å². The molecule has 1 aliphatic carbocycles. The van der Waals surface area contributed by atoms with Crippen molar-refractivity contribution in [3.05, 3.63) is 51.3 Å². The smallest absolute Gasteiger partial charge is 0.341 e. The second-order valence-corrected chi connectivity index (χ2v) is 7.32. The molecule has 0 amide bonds. The zero-order valence-electron chi connectivity index (χ0n) is 15.7. The molecule has 4 rings (SSSR count). The predicted molar refractivity (Wildman–Crippen MR) is 104 cm³/mol. The number of carboxylic acids is 1. The molecule has 1 aromatic carbocycles. The molecule has 1 aliphatic heterocycles. The first-order valence-corrected chi connectivity index (χ1v) is 9.41. The Bertz CT molecular complexity index is 1080. The van der Waals surface area contributed by atoms with E-state index in [1.165, 1.54) is 6.20 Å². The zero-order valence-corrected chi connectivity index (χ0v) is 15.7. The van der Waals surface area contributed by atoms with Crippen molar-refractivity contribution in [2.45, 2.75) is 18.9 Å². The molecule has 154 valence electrons. The summed E-state index contributed by atoms with van der Waals surface area (Å²) in [6, 6.07) is 2.69. The van der Waals surface area contributed by atoms with E-state index >= 15 is 0 Å². The monoisotopic (exact) mass is 405 g/mol. The Morgan fingerprint density at radius 1 is 1.34 bits per heavy atom. The van der Waals surface area contributed by atoms with Gasteiger partial charge in [0.05, 0.1) is 24.4 Å². The molecule has 1 saturated heterocycles. The molecule has 3 N–H and O–H groups in total. The minimum absolute atomic E-state index is 0.0213. The topological polar surface area (TPSA) is 97.8 Å². The van der Waals surface area contributed by atoms with Gasteiger partial charge in [0.15, 0.2) is 0 Å². The van der Waals surface area contributed by atoms with E-state index < -0.39 is 23.0 Å². The lowest BCUT2D eigenvalue weighted by Gasteiger charge is -2.24. The van der Waals surface area contributed by atoms with Gasteiger partial charge in [0.1, 0.15) is 17.2 Å². The first-order valence-electron chi connectivity index (χ1n) is 9.41. The van der Waals surface area contributed by atoms with E-state index in [9.17, 15) is 23.5 Å². The number of rotatable bonds is 4. The molecule has 0 unspecified atom stereocenters. The maximum Gasteiger partial charge on any atom is 0.341 e. The van der Waals surface area contributed by atoms with Crippen LogP contribution >= 0.6 is 0 Å². The average Bonchev–Trinajstić information content (AvgIpc) is 3.54. The SMILES string of the molecule is NC/C(F)=C1\COCCN(c2cc3c(cc2F)c(=O)c(C(=O)O)cn3C2CC2)C1. The highest BCUT2D eigenvalue weighted by molar-refractivity contribution is 5.93. The molecular weight excluding hydrogens is 384 g/mol. The lowest BCUT2D eigenvalue weighted by molar-refractivity contribution is 0.0695. The van der Waals surface area contributed by atoms with Crippen LogP contribution < -0.4 is 16.1 Å². The van der Waals surface area contributed by atoms with Gasteiger partial charge in [-0.2, -0.15) is 0 Å². The summed E-state index contributed by atoms with van der Waals surface area (Å²) in [5.74, 6) is -2.50. The van der Waals surface area contributed by atoms with Crippen molar-refractivity contribution >= 4 is 22.6 Å². The van der Waals surface area contributed by atoms with E-state index in [4.69, 9.17) is 10.5 Å². The molecule has 29 heavy (non-hydrogen) atoms. The summed E-state index contributed by atoms with van der Waals surface area (Å²) in [7, 11) is 0. The van der Waals surface area contributed by atoms with Crippen LogP contribution in [0.2, 0.25) is 0 Å². The number of halogens is 2. The number of hydrogen-bond donors (Lipinski definition) is 2. The lowest BCUT2D eigenvalue weighted by Crippen LogP contribution is -2.29. The Labute approximate surface area is 165 Å². The minimum atomic E-state index is -1.34. The molecule has 0 radical (unpaired) electrons. The van der Waals surface area contributed by atoms with Crippen molar-refractivity contribution in [1.29, 1.82) is 0 Å². The number of carboxylic acid groups (broad SMARTS) is 1. The fraction of sp³-hybridized carbons (Fsp3) is 0.400. The van der Waals surface area contributed by atoms with Crippen molar-refractivity contribution in [3.63, 3.8) is 0 Å². The number of ether oxygens (including phenoxy) is 1. The van der Waals surface area contributed by atoms with Crippen LogP contribution in [-0.4, -0.2) is 48.5 Å². The van der Waals surface area contributed by atoms with Gasteiger partial charge < -0.3 is 25.0 Å². The Morgan fingerprint density at radius 3 is 2.76 bits per heavy atom. The molecule has 1 saturated carbocycles. The van der Waals surface area contributed by atoms with Gasteiger partial charge in [-0.05, 0) is 25.0 Å². The van der Waals surface area contributed by atoms with Gasteiger partial charge >= 0.3 is 5.97 Å². The normalized spacial score (nSPS) is 19.3. The van der Waals surface area contributed by atoms with Crippen molar-refractivity contribution in [1.82, 2.24) is 4.57 Å². The summed E-state index contributed by atoms with van der Waals surface area (Å²) < 4.78 is 36.2. The Balaban J connectivity index is 1.87. The molecule has 9 heteroatoms. The third-order valence-corrected chi connectivity index (χ3v) is 5.34. The molecule has 2 aromatic rings. The quantitative estimate of drug-likeness (QED) is 0.809. The van der Waals surface area contributed by atoms with Crippen LogP contribution in [0.4, 0.5) is 14.5 Å². The molecule has 0 atom stereocenters. The number of hydrogen-bond acceptors (Lipinski definition) is 5. The fourth-order valence-corrected chi connectivity index (χ4v) is 3.65. The Kier molecular flexibility index (Phi) is 5.10. The molecule has 0 spiro atoms. The van der Waals surface area contributed by atoms with Crippen molar-refractivity contribution in [3.8, 4) is 0 Å². The van der Waals surface area contributed by atoms with Gasteiger partial charge in [-0.15, -0.1) is 0 Å². The van der Waals surface area contributed by atoms with Crippen LogP contribution in [0.3, 0.4) is 0 Å². The van der Waals surface area contributed by atoms with E-state index in [1.54, 1.807) is 15.5 Å². The largest absolute Gasteiger partial charge is 0.477 e. The van der Waals surface area contributed by atoms with Crippen LogP contribution in [0.15, 0.2) is 34.5 Å². The molecule has 2 aliphatic rings. The maximum absolute atomic E-state index is 15.0. The van der Waals surface area contributed by atoms with Gasteiger partial charge in [0, 0.05) is 42.8 Å². The fourth-order valence-electron chi connectivity index (χ4n) is 3.65. The standard InChI is InChI=1S/C20H21F2N3O4/c21-15-5-13-17(25(12-1-2-12)9-14(19(13)26)20(27)28)6-18(15)24-3-4-29-10-11(8-24)16(22)7-23/h5-6,9,12H,1-4,7-8,10,23H2,(H,27,28)/b16-11+. The highest BCUT2D eigenvalue weighted by Gasteiger charge is 2.28. The minimum Gasteiger partial charge on any atom is -0.477 e. The molecule has 7 nitrogen and oxygen atoms in total. The van der Waals surface area contributed by atoms with Gasteiger partial charge in [-0.25, -0.2) is 13.6 Å². The Morgan fingerprint density at radius 2 is 2.10 bits per heavy atom. The number of aromatic carboxylic acids is 1. The first-order chi connectivity index (χ1) is 13.9. The lowest BCUT2D eigenvalue weighted by atomic mass is 10.1. The number of fused-ring (bicyclic) bond motifs is 1. The van der Waals surface area contributed by atoms with Crippen molar-refractivity contribution in [2.75, 3.05) is 37.7 Å². The molecule has 2 heterocycles. The zero-order chi connectivity index (χ0) is 20.7. The molecule has 1 aromatic heterocycles. The summed E-state index contributed by atoms with van der Waals surface area (Å²) in [5, 5.41) is 9.36. The summed E-state index contributed by atoms with van der Waals surface area (Å²) >= 11 is 0. The Hall–Kier alpha value is -2.78. The predicted octanol–water partition coefficient (Wildman–Crippen LogP) is 2.19. The van der Waals surface area contributed by atoms with Crippen molar-refractivity contribution in [2.24, 2.45) is 5.73 Å². The van der Waals surface area contributed by atoms with Gasteiger partial charge in [0.2, 0.25) is 5.43 Å². The first kappa shape index (κ1) is 19.5. The number of carbonyl (C=O) groups is 1. The average molecular weight is 405 g/mol. The van der Waals surface area contributed by atoms with E-state index in [0.29, 0.717) is 17.6 Å². The highest BCUT2D eigenvalue weighted by atomic mass is 19.1. The van der Waals surface area contributed by atoms with Crippen LogP contribution in [0, 0.1) is 5.82 Å². The number of benzene rings is 1. The van der Waals surface area contributed by atoms with Crippen LogP contribution in [0.25, 0.3) is 10.9 Å². The van der Waals surface area contributed by atoms with Gasteiger partial charge in [-0.1, -0.05) is 0 Å². The number of nitrogens with two attached hydrogens (primary N) is 1. The second-order valence-electron chi connectivity index (χ2n) is 7.32. The summed E-state index contributed by atoms with van der Waals surface area (Å²) in [5.41, 5.74) is 5.32. The number of nitrogens with zero attached hydrogens (tertiary/aromatic N) is 2. The van der Waals surface area contributed by atoms with E-state index in [2.05, 4.69) is 0 Å². The van der Waals surface area contributed by atoms with Crippen LogP contribution in [-0.2, 0) is 4.74 Å².